The molecule has 0 atom stereocenters. The van der Waals surface area contributed by atoms with Gasteiger partial charge >= 0.3 is 0 Å². The molecule has 1 aromatic carbocycles. The van der Waals surface area contributed by atoms with Crippen LogP contribution in [0.2, 0.25) is 0 Å². The molecule has 9 nitrogen and oxygen atoms in total. The summed E-state index contributed by atoms with van der Waals surface area (Å²) < 4.78 is 23.9. The highest BCUT2D eigenvalue weighted by Gasteiger charge is 2.33. The van der Waals surface area contributed by atoms with E-state index in [1.807, 2.05) is 11.0 Å². The summed E-state index contributed by atoms with van der Waals surface area (Å²) in [7, 11) is 4.78. The van der Waals surface area contributed by atoms with E-state index >= 15 is 0 Å². The summed E-state index contributed by atoms with van der Waals surface area (Å²) in [6.07, 6.45) is 7.86. The van der Waals surface area contributed by atoms with E-state index in [4.69, 9.17) is 25.4 Å². The fourth-order valence-corrected chi connectivity index (χ4v) is 4.30. The number of carbonyl (C=O) groups excluding carboxylic acids is 2. The minimum absolute atomic E-state index is 0.0351. The molecule has 0 spiro atoms. The van der Waals surface area contributed by atoms with Crippen molar-refractivity contribution in [1.82, 2.24) is 14.4 Å². The maximum absolute atomic E-state index is 13.5. The van der Waals surface area contributed by atoms with Gasteiger partial charge in [0, 0.05) is 32.1 Å². The Morgan fingerprint density at radius 1 is 1.15 bits per heavy atom. The van der Waals surface area contributed by atoms with Crippen LogP contribution in [0.1, 0.15) is 16.9 Å². The van der Waals surface area contributed by atoms with E-state index in [2.05, 4.69) is 5.92 Å². The van der Waals surface area contributed by atoms with E-state index in [9.17, 15) is 9.59 Å². The standard InChI is InChI=1S/C24H27N3O6/c1-5-11-33-21-19(30-3)15-16-14-18(25(2)20(16)22(21)31-4)24(29)27-8-6-7-17(23(27)28)26-9-12-32-13-10-26/h1,7,14-15H,6,8-13H2,2-4H3. The Hall–Kier alpha value is -3.64. The Morgan fingerprint density at radius 3 is 2.58 bits per heavy atom. The number of rotatable bonds is 6. The summed E-state index contributed by atoms with van der Waals surface area (Å²) >= 11 is 0. The van der Waals surface area contributed by atoms with Crippen molar-refractivity contribution in [3.8, 4) is 29.6 Å². The van der Waals surface area contributed by atoms with Crippen LogP contribution >= 0.6 is 0 Å². The number of carbonyl (C=O) groups is 2. The molecule has 33 heavy (non-hydrogen) atoms. The highest BCUT2D eigenvalue weighted by Crippen LogP contribution is 2.44. The second kappa shape index (κ2) is 9.46. The Morgan fingerprint density at radius 2 is 1.91 bits per heavy atom. The van der Waals surface area contributed by atoms with Crippen LogP contribution in [0.15, 0.2) is 23.9 Å². The van der Waals surface area contributed by atoms with Crippen molar-refractivity contribution in [2.75, 3.05) is 53.7 Å². The Kier molecular flexibility index (Phi) is 6.47. The number of hydrogen-bond acceptors (Lipinski definition) is 7. The van der Waals surface area contributed by atoms with Crippen molar-refractivity contribution in [2.24, 2.45) is 7.05 Å². The molecule has 9 heteroatoms. The number of nitrogens with zero attached hydrogens (tertiary/aromatic N) is 3. The van der Waals surface area contributed by atoms with Crippen LogP contribution in [-0.4, -0.2) is 79.9 Å². The molecular formula is C24H27N3O6. The third kappa shape index (κ3) is 3.98. The van der Waals surface area contributed by atoms with E-state index in [-0.39, 0.29) is 18.4 Å². The molecule has 4 rings (SSSR count). The van der Waals surface area contributed by atoms with Crippen LogP contribution in [0.4, 0.5) is 0 Å². The molecule has 2 amide bonds. The van der Waals surface area contributed by atoms with Crippen molar-refractivity contribution in [3.05, 3.63) is 29.6 Å². The van der Waals surface area contributed by atoms with E-state index in [1.165, 1.54) is 19.1 Å². The average molecular weight is 453 g/mol. The Balaban J connectivity index is 1.71. The summed E-state index contributed by atoms with van der Waals surface area (Å²) in [5.41, 5.74) is 1.55. The number of amides is 2. The van der Waals surface area contributed by atoms with Crippen LogP contribution in [0.25, 0.3) is 10.9 Å². The zero-order valence-electron chi connectivity index (χ0n) is 19.1. The van der Waals surface area contributed by atoms with Crippen molar-refractivity contribution >= 4 is 22.7 Å². The van der Waals surface area contributed by atoms with E-state index in [0.29, 0.717) is 73.4 Å². The Labute approximate surface area is 192 Å². The monoisotopic (exact) mass is 453 g/mol. The normalized spacial score (nSPS) is 16.4. The second-order valence-electron chi connectivity index (χ2n) is 7.70. The molecule has 0 aliphatic carbocycles. The first kappa shape index (κ1) is 22.6. The van der Waals surface area contributed by atoms with Gasteiger partial charge in [-0.25, -0.2) is 0 Å². The summed E-state index contributed by atoms with van der Waals surface area (Å²) in [4.78, 5) is 30.0. The van der Waals surface area contributed by atoms with Gasteiger partial charge < -0.3 is 28.4 Å². The molecule has 0 unspecified atom stereocenters. The lowest BCUT2D eigenvalue weighted by atomic mass is 10.1. The maximum Gasteiger partial charge on any atom is 0.277 e. The first-order valence-corrected chi connectivity index (χ1v) is 10.7. The minimum atomic E-state index is -0.371. The first-order valence-electron chi connectivity index (χ1n) is 10.7. The Bertz CT molecular complexity index is 1150. The number of hydrogen-bond donors (Lipinski definition) is 0. The number of imide groups is 1. The smallest absolute Gasteiger partial charge is 0.277 e. The predicted molar refractivity (Wildman–Crippen MR) is 121 cm³/mol. The highest BCUT2D eigenvalue weighted by atomic mass is 16.5. The molecule has 2 aromatic rings. The molecule has 2 aliphatic heterocycles. The molecular weight excluding hydrogens is 426 g/mol. The van der Waals surface area contributed by atoms with Gasteiger partial charge in [0.25, 0.3) is 11.8 Å². The fraction of sp³-hybridized carbons (Fsp3) is 0.417. The summed E-state index contributed by atoms with van der Waals surface area (Å²) in [5.74, 6) is 2.96. The van der Waals surface area contributed by atoms with Crippen molar-refractivity contribution in [2.45, 2.75) is 6.42 Å². The van der Waals surface area contributed by atoms with Gasteiger partial charge in [0.1, 0.15) is 12.3 Å². The molecule has 0 bridgehead atoms. The number of ether oxygens (including phenoxy) is 4. The third-order valence-corrected chi connectivity index (χ3v) is 5.89. The number of aryl methyl sites for hydroxylation is 1. The van der Waals surface area contributed by atoms with Gasteiger partial charge in [-0.2, -0.15) is 0 Å². The van der Waals surface area contributed by atoms with Gasteiger partial charge in [-0.15, -0.1) is 6.42 Å². The number of benzene rings is 1. The van der Waals surface area contributed by atoms with Crippen LogP contribution in [0, 0.1) is 12.3 Å². The average Bonchev–Trinajstić information content (AvgIpc) is 3.18. The van der Waals surface area contributed by atoms with Gasteiger partial charge in [0.15, 0.2) is 11.5 Å². The predicted octanol–water partition coefficient (Wildman–Crippen LogP) is 1.80. The van der Waals surface area contributed by atoms with Gasteiger partial charge in [0.2, 0.25) is 5.75 Å². The second-order valence-corrected chi connectivity index (χ2v) is 7.70. The number of fused-ring (bicyclic) bond motifs is 1. The zero-order valence-corrected chi connectivity index (χ0v) is 19.1. The van der Waals surface area contributed by atoms with Crippen molar-refractivity contribution in [1.29, 1.82) is 0 Å². The third-order valence-electron chi connectivity index (χ3n) is 5.89. The number of aromatic nitrogens is 1. The fourth-order valence-electron chi connectivity index (χ4n) is 4.30. The lowest BCUT2D eigenvalue weighted by molar-refractivity contribution is -0.127. The van der Waals surface area contributed by atoms with E-state index < -0.39 is 0 Å². The van der Waals surface area contributed by atoms with Gasteiger partial charge in [-0.3, -0.25) is 14.5 Å². The zero-order chi connectivity index (χ0) is 23.5. The van der Waals surface area contributed by atoms with Crippen molar-refractivity contribution < 1.29 is 28.5 Å². The van der Waals surface area contributed by atoms with Gasteiger partial charge in [-0.1, -0.05) is 12.0 Å². The summed E-state index contributed by atoms with van der Waals surface area (Å²) in [5, 5.41) is 0.719. The topological polar surface area (TPSA) is 82.5 Å². The quantitative estimate of drug-likeness (QED) is 0.487. The van der Waals surface area contributed by atoms with Gasteiger partial charge in [0.05, 0.1) is 38.6 Å². The molecule has 0 saturated carbocycles. The molecule has 1 aromatic heterocycles. The van der Waals surface area contributed by atoms with Crippen molar-refractivity contribution in [3.63, 3.8) is 0 Å². The highest BCUT2D eigenvalue weighted by molar-refractivity contribution is 6.11. The lowest BCUT2D eigenvalue weighted by Crippen LogP contribution is -2.47. The molecule has 3 heterocycles. The van der Waals surface area contributed by atoms with Crippen LogP contribution in [0.3, 0.4) is 0 Å². The number of terminal acetylenes is 1. The summed E-state index contributed by atoms with van der Waals surface area (Å²) in [6, 6.07) is 3.49. The van der Waals surface area contributed by atoms with E-state index in [1.54, 1.807) is 23.7 Å². The van der Waals surface area contributed by atoms with Gasteiger partial charge in [-0.05, 0) is 18.6 Å². The van der Waals surface area contributed by atoms with Crippen LogP contribution in [0.5, 0.6) is 17.2 Å². The molecule has 2 aliphatic rings. The molecule has 0 N–H and O–H groups in total. The molecule has 1 fully saturated rings. The molecule has 174 valence electrons. The summed E-state index contributed by atoms with van der Waals surface area (Å²) in [6.45, 7) is 2.74. The van der Waals surface area contributed by atoms with Crippen LogP contribution in [-0.2, 0) is 16.6 Å². The largest absolute Gasteiger partial charge is 0.493 e. The SMILES string of the molecule is C#CCOc1c(OC)cc2cc(C(=O)N3CCC=C(N4CCOCC4)C3=O)n(C)c2c1OC. The van der Waals surface area contributed by atoms with E-state index in [0.717, 1.165) is 5.39 Å². The first-order chi connectivity index (χ1) is 16.0. The maximum atomic E-state index is 13.5. The number of morpholine rings is 1. The lowest BCUT2D eigenvalue weighted by Gasteiger charge is -2.34. The van der Waals surface area contributed by atoms with Crippen LogP contribution < -0.4 is 14.2 Å². The number of methoxy groups -OCH3 is 2. The molecule has 1 saturated heterocycles. The minimum Gasteiger partial charge on any atom is -0.493 e. The molecule has 0 radical (unpaired) electrons.